The molecule has 2 aromatic heterocycles. The van der Waals surface area contributed by atoms with E-state index in [0.29, 0.717) is 11.7 Å². The van der Waals surface area contributed by atoms with E-state index in [1.165, 1.54) is 0 Å². The molecule has 78 valence electrons. The highest BCUT2D eigenvalue weighted by atomic mass is 35.5. The molecule has 2 aromatic rings. The second kappa shape index (κ2) is 4.03. The summed E-state index contributed by atoms with van der Waals surface area (Å²) in [6.07, 6.45) is 0. The quantitative estimate of drug-likeness (QED) is 0.730. The van der Waals surface area contributed by atoms with Crippen LogP contribution in [-0.2, 0) is 6.54 Å². The van der Waals surface area contributed by atoms with Crippen molar-refractivity contribution in [2.75, 3.05) is 0 Å². The molecule has 0 unspecified atom stereocenters. The van der Waals surface area contributed by atoms with Gasteiger partial charge in [0.25, 0.3) is 0 Å². The molecule has 0 spiro atoms. The van der Waals surface area contributed by atoms with Crippen molar-refractivity contribution < 1.29 is 0 Å². The molecule has 0 amide bonds. The van der Waals surface area contributed by atoms with Crippen molar-refractivity contribution >= 4 is 11.6 Å². The zero-order valence-electron chi connectivity index (χ0n) is 8.74. The minimum atomic E-state index is 0.522. The van der Waals surface area contributed by atoms with Crippen LogP contribution in [-0.4, -0.2) is 14.8 Å². The summed E-state index contributed by atoms with van der Waals surface area (Å²) in [6.45, 7) is 4.68. The van der Waals surface area contributed by atoms with E-state index in [4.69, 9.17) is 11.6 Å². The van der Waals surface area contributed by atoms with Gasteiger partial charge in [-0.1, -0.05) is 17.7 Å². The Morgan fingerprint density at radius 3 is 2.73 bits per heavy atom. The van der Waals surface area contributed by atoms with Crippen molar-refractivity contribution in [2.24, 2.45) is 0 Å². The number of hydrogen-bond acceptors (Lipinski definition) is 2. The fourth-order valence-electron chi connectivity index (χ4n) is 1.53. The number of halogens is 1. The molecular formula is C11H12ClN3. The van der Waals surface area contributed by atoms with Crippen LogP contribution in [0.2, 0.25) is 5.15 Å². The van der Waals surface area contributed by atoms with E-state index in [1.807, 2.05) is 36.7 Å². The Bertz CT molecular complexity index is 476. The van der Waals surface area contributed by atoms with Gasteiger partial charge >= 0.3 is 0 Å². The van der Waals surface area contributed by atoms with Crippen molar-refractivity contribution in [3.05, 3.63) is 46.5 Å². The maximum atomic E-state index is 5.82. The van der Waals surface area contributed by atoms with Crippen molar-refractivity contribution in [3.63, 3.8) is 0 Å². The third-order valence-corrected chi connectivity index (χ3v) is 2.40. The van der Waals surface area contributed by atoms with Gasteiger partial charge in [0, 0.05) is 5.69 Å². The lowest BCUT2D eigenvalue weighted by molar-refractivity contribution is 0.647. The second-order valence-corrected chi connectivity index (χ2v) is 3.92. The maximum absolute atomic E-state index is 5.82. The molecule has 0 atom stereocenters. The summed E-state index contributed by atoms with van der Waals surface area (Å²) >= 11 is 5.82. The summed E-state index contributed by atoms with van der Waals surface area (Å²) in [5.74, 6) is 0. The average molecular weight is 222 g/mol. The minimum absolute atomic E-state index is 0.522. The third kappa shape index (κ3) is 2.36. The van der Waals surface area contributed by atoms with Crippen LogP contribution >= 0.6 is 11.6 Å². The molecule has 0 aliphatic heterocycles. The van der Waals surface area contributed by atoms with E-state index in [0.717, 1.165) is 17.1 Å². The Morgan fingerprint density at radius 1 is 1.33 bits per heavy atom. The van der Waals surface area contributed by atoms with Crippen molar-refractivity contribution in [2.45, 2.75) is 20.4 Å². The summed E-state index contributed by atoms with van der Waals surface area (Å²) < 4.78 is 1.92. The average Bonchev–Trinajstić information content (AvgIpc) is 2.45. The molecule has 3 nitrogen and oxygen atoms in total. The molecule has 0 bridgehead atoms. The number of aryl methyl sites for hydroxylation is 2. The first-order chi connectivity index (χ1) is 7.15. The molecule has 0 aliphatic rings. The van der Waals surface area contributed by atoms with Crippen molar-refractivity contribution in [1.82, 2.24) is 14.8 Å². The predicted molar refractivity (Wildman–Crippen MR) is 60.1 cm³/mol. The Morgan fingerprint density at radius 2 is 2.13 bits per heavy atom. The van der Waals surface area contributed by atoms with Crippen LogP contribution in [0.4, 0.5) is 0 Å². The first-order valence-corrected chi connectivity index (χ1v) is 5.15. The largest absolute Gasteiger partial charge is 0.264 e. The minimum Gasteiger partial charge on any atom is -0.264 e. The van der Waals surface area contributed by atoms with Crippen LogP contribution in [0.3, 0.4) is 0 Å². The monoisotopic (exact) mass is 221 g/mol. The van der Waals surface area contributed by atoms with Crippen LogP contribution in [0.5, 0.6) is 0 Å². The number of rotatable bonds is 2. The van der Waals surface area contributed by atoms with Gasteiger partial charge in [0.15, 0.2) is 0 Å². The van der Waals surface area contributed by atoms with Gasteiger partial charge in [-0.3, -0.25) is 4.68 Å². The fourth-order valence-corrected chi connectivity index (χ4v) is 1.71. The smallest absolute Gasteiger partial charge is 0.129 e. The van der Waals surface area contributed by atoms with Gasteiger partial charge < -0.3 is 0 Å². The molecule has 0 radical (unpaired) electrons. The van der Waals surface area contributed by atoms with Crippen LogP contribution in [0, 0.1) is 13.8 Å². The summed E-state index contributed by atoms with van der Waals surface area (Å²) in [4.78, 5) is 4.22. The van der Waals surface area contributed by atoms with Crippen LogP contribution in [0.15, 0.2) is 24.3 Å². The third-order valence-electron chi connectivity index (χ3n) is 2.19. The molecule has 2 heterocycles. The lowest BCUT2D eigenvalue weighted by atomic mass is 10.3. The van der Waals surface area contributed by atoms with Crippen molar-refractivity contribution in [3.8, 4) is 0 Å². The maximum Gasteiger partial charge on any atom is 0.129 e. The molecule has 0 N–H and O–H groups in total. The van der Waals surface area contributed by atoms with E-state index < -0.39 is 0 Å². The molecule has 15 heavy (non-hydrogen) atoms. The summed E-state index contributed by atoms with van der Waals surface area (Å²) in [5.41, 5.74) is 3.08. The topological polar surface area (TPSA) is 30.7 Å². The molecule has 0 aliphatic carbocycles. The highest BCUT2D eigenvalue weighted by Crippen LogP contribution is 2.08. The number of pyridine rings is 1. The zero-order valence-corrected chi connectivity index (χ0v) is 9.49. The predicted octanol–water partition coefficient (Wildman–Crippen LogP) is 2.60. The molecular weight excluding hydrogens is 210 g/mol. The molecule has 0 saturated carbocycles. The van der Waals surface area contributed by atoms with Gasteiger partial charge in [0.2, 0.25) is 0 Å². The van der Waals surface area contributed by atoms with Crippen LogP contribution in [0.1, 0.15) is 17.1 Å². The van der Waals surface area contributed by atoms with Gasteiger partial charge in [-0.05, 0) is 32.0 Å². The first kappa shape index (κ1) is 10.2. The van der Waals surface area contributed by atoms with Gasteiger partial charge in [-0.15, -0.1) is 0 Å². The molecule has 0 aromatic carbocycles. The second-order valence-electron chi connectivity index (χ2n) is 3.54. The number of nitrogens with zero attached hydrogens (tertiary/aromatic N) is 3. The number of aromatic nitrogens is 3. The fraction of sp³-hybridized carbons (Fsp3) is 0.273. The Kier molecular flexibility index (Phi) is 2.73. The lowest BCUT2D eigenvalue weighted by Crippen LogP contribution is -2.05. The van der Waals surface area contributed by atoms with Gasteiger partial charge in [-0.2, -0.15) is 5.10 Å². The highest BCUT2D eigenvalue weighted by Gasteiger charge is 2.02. The molecule has 0 saturated heterocycles. The van der Waals surface area contributed by atoms with E-state index in [1.54, 1.807) is 6.07 Å². The Hall–Kier alpha value is -1.35. The summed E-state index contributed by atoms with van der Waals surface area (Å²) in [7, 11) is 0. The van der Waals surface area contributed by atoms with Crippen LogP contribution < -0.4 is 0 Å². The Labute approximate surface area is 93.7 Å². The van der Waals surface area contributed by atoms with Gasteiger partial charge in [0.1, 0.15) is 5.15 Å². The van der Waals surface area contributed by atoms with E-state index >= 15 is 0 Å². The number of hydrogen-bond donors (Lipinski definition) is 0. The van der Waals surface area contributed by atoms with E-state index in [-0.39, 0.29) is 0 Å². The molecule has 4 heteroatoms. The summed E-state index contributed by atoms with van der Waals surface area (Å²) in [5, 5.41) is 4.89. The van der Waals surface area contributed by atoms with Crippen molar-refractivity contribution in [1.29, 1.82) is 0 Å². The zero-order chi connectivity index (χ0) is 10.8. The van der Waals surface area contributed by atoms with E-state index in [9.17, 15) is 0 Å². The lowest BCUT2D eigenvalue weighted by Gasteiger charge is -2.03. The highest BCUT2D eigenvalue weighted by molar-refractivity contribution is 6.29. The SMILES string of the molecule is Cc1cc(C)n(Cc2cccc(Cl)n2)n1. The standard InChI is InChI=1S/C11H12ClN3/c1-8-6-9(2)15(14-8)7-10-4-3-5-11(12)13-10/h3-6H,7H2,1-2H3. The molecule has 0 fully saturated rings. The van der Waals surface area contributed by atoms with Gasteiger partial charge in [-0.25, -0.2) is 4.98 Å². The normalized spacial score (nSPS) is 10.6. The Balaban J connectivity index is 2.25. The van der Waals surface area contributed by atoms with Gasteiger partial charge in [0.05, 0.1) is 17.9 Å². The summed E-state index contributed by atoms with van der Waals surface area (Å²) in [6, 6.07) is 7.66. The molecule has 2 rings (SSSR count). The van der Waals surface area contributed by atoms with Crippen LogP contribution in [0.25, 0.3) is 0 Å². The first-order valence-electron chi connectivity index (χ1n) is 4.77. The van der Waals surface area contributed by atoms with E-state index in [2.05, 4.69) is 10.1 Å².